The highest BCUT2D eigenvalue weighted by Gasteiger charge is 2.22. The summed E-state index contributed by atoms with van der Waals surface area (Å²) >= 11 is 0. The number of hydrogen-bond acceptors (Lipinski definition) is 5. The first-order valence-corrected chi connectivity index (χ1v) is 9.92. The van der Waals surface area contributed by atoms with Gasteiger partial charge in [-0.25, -0.2) is 14.8 Å². The zero-order valence-corrected chi connectivity index (χ0v) is 17.4. The fourth-order valence-corrected chi connectivity index (χ4v) is 2.25. The molecule has 1 fully saturated rings. The number of hydrogen-bond donors (Lipinski definition) is 3. The van der Waals surface area contributed by atoms with Crippen LogP contribution in [0.1, 0.15) is 46.1 Å². The van der Waals surface area contributed by atoms with E-state index in [4.69, 9.17) is 9.47 Å². The molecular formula is C20H33N5O3. The molecule has 0 bridgehead atoms. The van der Waals surface area contributed by atoms with Gasteiger partial charge < -0.3 is 25.4 Å². The van der Waals surface area contributed by atoms with Gasteiger partial charge in [-0.05, 0) is 52.0 Å². The number of carbonyl (C=O) groups is 1. The number of nitrogens with one attached hydrogen (secondary N) is 3. The lowest BCUT2D eigenvalue weighted by molar-refractivity contribution is 0.0529. The van der Waals surface area contributed by atoms with E-state index < -0.39 is 11.7 Å². The second-order valence-electron chi connectivity index (χ2n) is 7.81. The van der Waals surface area contributed by atoms with Gasteiger partial charge in [-0.3, -0.25) is 0 Å². The predicted octanol–water partition coefficient (Wildman–Crippen LogP) is 2.45. The van der Waals surface area contributed by atoms with Crippen molar-refractivity contribution in [2.45, 2.75) is 52.7 Å². The standard InChI is InChI=1S/C20H33N5O3/c1-5-21-18(22-10-11-23-19(26)28-20(2,3)4)25-13-16-8-9-17(24-12-16)27-14-15-6-7-15/h8-9,12,15H,5-7,10-11,13-14H2,1-4H3,(H,23,26)(H2,21,22,25). The van der Waals surface area contributed by atoms with Crippen LogP contribution in [0.2, 0.25) is 0 Å². The Morgan fingerprint density at radius 1 is 1.21 bits per heavy atom. The maximum atomic E-state index is 11.6. The number of alkyl carbamates (subject to hydrolysis) is 1. The van der Waals surface area contributed by atoms with Crippen molar-refractivity contribution in [2.75, 3.05) is 26.2 Å². The minimum Gasteiger partial charge on any atom is -0.477 e. The molecule has 1 aliphatic carbocycles. The van der Waals surface area contributed by atoms with E-state index in [-0.39, 0.29) is 0 Å². The molecule has 0 aromatic carbocycles. The van der Waals surface area contributed by atoms with E-state index in [0.29, 0.717) is 37.4 Å². The third kappa shape index (κ3) is 9.43. The lowest BCUT2D eigenvalue weighted by atomic mass is 10.2. The summed E-state index contributed by atoms with van der Waals surface area (Å²) in [4.78, 5) is 20.5. The van der Waals surface area contributed by atoms with E-state index in [0.717, 1.165) is 18.7 Å². The van der Waals surface area contributed by atoms with Crippen molar-refractivity contribution in [3.63, 3.8) is 0 Å². The fraction of sp³-hybridized carbons (Fsp3) is 0.650. The van der Waals surface area contributed by atoms with Gasteiger partial charge in [0, 0.05) is 31.9 Å². The first kappa shape index (κ1) is 21.8. The smallest absolute Gasteiger partial charge is 0.407 e. The number of nitrogens with zero attached hydrogens (tertiary/aromatic N) is 2. The molecule has 0 aliphatic heterocycles. The van der Waals surface area contributed by atoms with Crippen LogP contribution in [0.15, 0.2) is 23.3 Å². The maximum Gasteiger partial charge on any atom is 0.407 e. The van der Waals surface area contributed by atoms with E-state index in [1.807, 2.05) is 39.8 Å². The lowest BCUT2D eigenvalue weighted by Crippen LogP contribution is -2.42. The number of guanidine groups is 1. The number of carbonyl (C=O) groups excluding carboxylic acids is 1. The van der Waals surface area contributed by atoms with E-state index in [2.05, 4.69) is 25.9 Å². The van der Waals surface area contributed by atoms with E-state index in [1.165, 1.54) is 12.8 Å². The number of pyridine rings is 1. The Morgan fingerprint density at radius 3 is 2.57 bits per heavy atom. The molecule has 28 heavy (non-hydrogen) atoms. The summed E-state index contributed by atoms with van der Waals surface area (Å²) in [5, 5.41) is 9.07. The molecule has 0 radical (unpaired) electrons. The van der Waals surface area contributed by atoms with Gasteiger partial charge in [-0.2, -0.15) is 0 Å². The predicted molar refractivity (Wildman–Crippen MR) is 110 cm³/mol. The highest BCUT2D eigenvalue weighted by Crippen LogP contribution is 2.29. The van der Waals surface area contributed by atoms with Crippen LogP contribution in [0.5, 0.6) is 5.88 Å². The number of amides is 1. The maximum absolute atomic E-state index is 11.6. The summed E-state index contributed by atoms with van der Waals surface area (Å²) in [5.41, 5.74) is 0.503. The van der Waals surface area contributed by atoms with Gasteiger partial charge in [0.25, 0.3) is 0 Å². The normalized spacial score (nSPS) is 14.4. The molecule has 0 saturated heterocycles. The quantitative estimate of drug-likeness (QED) is 0.340. The molecule has 0 spiro atoms. The molecule has 1 aromatic heterocycles. The highest BCUT2D eigenvalue weighted by molar-refractivity contribution is 5.79. The first-order valence-electron chi connectivity index (χ1n) is 9.92. The summed E-state index contributed by atoms with van der Waals surface area (Å²) in [6.45, 7) is 10.5. The Morgan fingerprint density at radius 2 is 1.96 bits per heavy atom. The van der Waals surface area contributed by atoms with Crippen LogP contribution in [0.25, 0.3) is 0 Å². The minimum absolute atomic E-state index is 0.425. The van der Waals surface area contributed by atoms with Crippen LogP contribution in [0.3, 0.4) is 0 Å². The molecule has 1 saturated carbocycles. The summed E-state index contributed by atoms with van der Waals surface area (Å²) in [6.07, 6.45) is 3.89. The number of aliphatic imine (C=N–C) groups is 1. The van der Waals surface area contributed by atoms with Crippen molar-refractivity contribution >= 4 is 12.1 Å². The Kier molecular flexibility index (Phi) is 8.35. The topological polar surface area (TPSA) is 96.9 Å². The summed E-state index contributed by atoms with van der Waals surface area (Å²) in [6, 6.07) is 3.87. The van der Waals surface area contributed by atoms with Gasteiger partial charge in [-0.15, -0.1) is 0 Å². The second kappa shape index (κ2) is 10.7. The Hall–Kier alpha value is -2.51. The van der Waals surface area contributed by atoms with Gasteiger partial charge in [0.2, 0.25) is 5.88 Å². The van der Waals surface area contributed by atoms with Gasteiger partial charge in [-0.1, -0.05) is 6.07 Å². The molecule has 0 atom stereocenters. The molecule has 1 amide bonds. The number of rotatable bonds is 9. The molecule has 8 nitrogen and oxygen atoms in total. The van der Waals surface area contributed by atoms with E-state index >= 15 is 0 Å². The highest BCUT2D eigenvalue weighted by atomic mass is 16.6. The molecule has 156 valence electrons. The summed E-state index contributed by atoms with van der Waals surface area (Å²) in [7, 11) is 0. The third-order valence-electron chi connectivity index (χ3n) is 3.81. The Bertz CT molecular complexity index is 636. The molecule has 1 heterocycles. The van der Waals surface area contributed by atoms with Gasteiger partial charge >= 0.3 is 6.09 Å². The Balaban J connectivity index is 1.72. The molecular weight excluding hydrogens is 358 g/mol. The van der Waals surface area contributed by atoms with Crippen molar-refractivity contribution in [1.82, 2.24) is 20.9 Å². The average Bonchev–Trinajstić information content (AvgIpc) is 3.45. The van der Waals surface area contributed by atoms with Crippen LogP contribution in [-0.4, -0.2) is 48.9 Å². The zero-order valence-electron chi connectivity index (χ0n) is 17.4. The number of aromatic nitrogens is 1. The minimum atomic E-state index is -0.500. The molecule has 1 aliphatic rings. The van der Waals surface area contributed by atoms with Crippen LogP contribution >= 0.6 is 0 Å². The molecule has 3 N–H and O–H groups in total. The van der Waals surface area contributed by atoms with Crippen LogP contribution in [0, 0.1) is 5.92 Å². The zero-order chi connectivity index (χ0) is 20.4. The van der Waals surface area contributed by atoms with Gasteiger partial charge in [0.15, 0.2) is 5.96 Å². The van der Waals surface area contributed by atoms with E-state index in [1.54, 1.807) is 6.20 Å². The van der Waals surface area contributed by atoms with Crippen molar-refractivity contribution in [3.05, 3.63) is 23.9 Å². The van der Waals surface area contributed by atoms with Crippen LogP contribution < -0.4 is 20.7 Å². The lowest BCUT2D eigenvalue weighted by Gasteiger charge is -2.19. The van der Waals surface area contributed by atoms with Gasteiger partial charge in [0.05, 0.1) is 13.2 Å². The molecule has 1 aromatic rings. The Labute approximate surface area is 167 Å². The monoisotopic (exact) mass is 391 g/mol. The average molecular weight is 392 g/mol. The summed E-state index contributed by atoms with van der Waals surface area (Å²) < 4.78 is 10.8. The first-order chi connectivity index (χ1) is 13.4. The van der Waals surface area contributed by atoms with Crippen molar-refractivity contribution in [1.29, 1.82) is 0 Å². The largest absolute Gasteiger partial charge is 0.477 e. The summed E-state index contributed by atoms with van der Waals surface area (Å²) in [5.74, 6) is 2.06. The van der Waals surface area contributed by atoms with Crippen LogP contribution in [-0.2, 0) is 11.3 Å². The molecule has 2 rings (SSSR count). The molecule has 0 unspecified atom stereocenters. The van der Waals surface area contributed by atoms with E-state index in [9.17, 15) is 4.79 Å². The third-order valence-corrected chi connectivity index (χ3v) is 3.81. The van der Waals surface area contributed by atoms with Gasteiger partial charge in [0.1, 0.15) is 5.60 Å². The van der Waals surface area contributed by atoms with Crippen molar-refractivity contribution in [2.24, 2.45) is 10.9 Å². The van der Waals surface area contributed by atoms with Crippen molar-refractivity contribution < 1.29 is 14.3 Å². The second-order valence-corrected chi connectivity index (χ2v) is 7.81. The SMILES string of the molecule is CCNC(=NCc1ccc(OCC2CC2)nc1)NCCNC(=O)OC(C)(C)C. The fourth-order valence-electron chi connectivity index (χ4n) is 2.25. The van der Waals surface area contributed by atoms with Crippen LogP contribution in [0.4, 0.5) is 4.79 Å². The number of ether oxygens (including phenoxy) is 2. The molecule has 8 heteroatoms. The van der Waals surface area contributed by atoms with Crippen molar-refractivity contribution in [3.8, 4) is 5.88 Å².